The molecule has 3 saturated carbocycles. The normalized spacial score (nSPS) is 29.2. The standard InChI is InChI=1S/C39H59Cl2NO2.C7H14Cl3N.ClH/c1-27(2)7-6-8-28(3)34-15-16-35-33-14-11-30-26-32(17-19-38(30,4)36(33)18-20-39(34,35)5)44-37(43)25-29-9-12-31(13-10-29)42(23-21-40)24-22-41;1-7(10)6-11(4-2-8)5-3-9;/h9-13,27-28,32-36H,6-8,14-26H2,1-5H3;7H,2-6H2,1H3;1H/t28-,32+,33+,34-,35+,36+,38+,39-;;/m1../s1. The fraction of sp³-hybridized carbons (Fsp3) is 0.804. The van der Waals surface area contributed by atoms with Crippen molar-refractivity contribution in [3.05, 3.63) is 41.5 Å². The van der Waals surface area contributed by atoms with Gasteiger partial charge >= 0.3 is 5.97 Å². The Balaban J connectivity index is 0.000000612. The second-order valence-corrected chi connectivity index (χ2v) is 20.6. The number of carbonyl (C=O) groups is 1. The van der Waals surface area contributed by atoms with E-state index in [4.69, 9.17) is 62.7 Å². The maximum absolute atomic E-state index is 13.0. The van der Waals surface area contributed by atoms with Crippen molar-refractivity contribution < 1.29 is 9.53 Å². The van der Waals surface area contributed by atoms with Crippen molar-refractivity contribution in [3.8, 4) is 0 Å². The van der Waals surface area contributed by atoms with Gasteiger partial charge in [0, 0.05) is 73.7 Å². The summed E-state index contributed by atoms with van der Waals surface area (Å²) in [4.78, 5) is 17.4. The van der Waals surface area contributed by atoms with Gasteiger partial charge in [0.2, 0.25) is 0 Å². The number of halogens is 6. The zero-order chi connectivity index (χ0) is 40.2. The van der Waals surface area contributed by atoms with E-state index in [9.17, 15) is 4.79 Å². The smallest absolute Gasteiger partial charge is 0.310 e. The van der Waals surface area contributed by atoms with E-state index in [1.807, 2.05) is 19.1 Å². The van der Waals surface area contributed by atoms with Crippen LogP contribution in [0.3, 0.4) is 0 Å². The number of anilines is 1. The van der Waals surface area contributed by atoms with Gasteiger partial charge in [-0.3, -0.25) is 9.69 Å². The summed E-state index contributed by atoms with van der Waals surface area (Å²) in [5.41, 5.74) is 4.47. The summed E-state index contributed by atoms with van der Waals surface area (Å²) in [6.07, 6.45) is 17.1. The molecule has 1 aromatic rings. The van der Waals surface area contributed by atoms with Crippen LogP contribution in [0.1, 0.15) is 118 Å². The summed E-state index contributed by atoms with van der Waals surface area (Å²) in [5, 5.41) is 0.168. The number of carbonyl (C=O) groups excluding carboxylic acids is 1. The molecule has 0 saturated heterocycles. The fourth-order valence-electron chi connectivity index (χ4n) is 11.4. The lowest BCUT2D eigenvalue weighted by Gasteiger charge is -2.58. The quantitative estimate of drug-likeness (QED) is 0.0787. The van der Waals surface area contributed by atoms with Crippen molar-refractivity contribution >= 4 is 82.1 Å². The van der Waals surface area contributed by atoms with E-state index in [-0.39, 0.29) is 35.3 Å². The molecule has 0 aliphatic heterocycles. The van der Waals surface area contributed by atoms with Gasteiger partial charge < -0.3 is 9.64 Å². The predicted octanol–water partition coefficient (Wildman–Crippen LogP) is 13.3. The van der Waals surface area contributed by atoms with Crippen molar-refractivity contribution in [2.24, 2.45) is 46.3 Å². The molecule has 1 unspecified atom stereocenters. The number of hydrogen-bond acceptors (Lipinski definition) is 4. The van der Waals surface area contributed by atoms with Gasteiger partial charge in [-0.05, 0) is 116 Å². The van der Waals surface area contributed by atoms with Crippen LogP contribution in [0.25, 0.3) is 0 Å². The zero-order valence-electron chi connectivity index (χ0n) is 35.4. The molecule has 322 valence electrons. The first-order valence-corrected chi connectivity index (χ1v) is 24.2. The van der Waals surface area contributed by atoms with E-state index in [2.05, 4.69) is 62.6 Å². The SMILES string of the molecule is CC(C)CCC[C@@H](C)[C@H]1CC[C@H]2[C@@H]3CC=C4C[C@@H](OC(=O)Cc5ccc(N(CCCl)CCCl)cc5)CC[C@]4(C)[C@H]3CC[C@]12C.CC(Cl)CN(CCCl)CCCl.Cl. The molecular weight excluding hydrogens is 825 g/mol. The van der Waals surface area contributed by atoms with E-state index in [0.717, 1.165) is 98.7 Å². The number of esters is 1. The predicted molar refractivity (Wildman–Crippen MR) is 247 cm³/mol. The zero-order valence-corrected chi connectivity index (χ0v) is 40.0. The number of fused-ring (bicyclic) bond motifs is 5. The van der Waals surface area contributed by atoms with Crippen LogP contribution in [0, 0.1) is 46.3 Å². The van der Waals surface area contributed by atoms with Gasteiger partial charge in [-0.15, -0.1) is 70.4 Å². The highest BCUT2D eigenvalue weighted by Crippen LogP contribution is 2.67. The number of rotatable bonds is 19. The molecule has 4 aliphatic carbocycles. The third kappa shape index (κ3) is 13.5. The average Bonchev–Trinajstić information content (AvgIpc) is 3.49. The van der Waals surface area contributed by atoms with Gasteiger partial charge in [0.1, 0.15) is 6.10 Å². The second-order valence-electron chi connectivity index (χ2n) is 18.3. The van der Waals surface area contributed by atoms with Crippen LogP contribution in [0.15, 0.2) is 35.9 Å². The van der Waals surface area contributed by atoms with Crippen LogP contribution in [0.5, 0.6) is 0 Å². The molecule has 0 amide bonds. The van der Waals surface area contributed by atoms with E-state index >= 15 is 0 Å². The van der Waals surface area contributed by atoms with Gasteiger partial charge in [0.15, 0.2) is 0 Å². The lowest BCUT2D eigenvalue weighted by molar-refractivity contribution is -0.150. The lowest BCUT2D eigenvalue weighted by atomic mass is 9.47. The highest BCUT2D eigenvalue weighted by molar-refractivity contribution is 6.20. The van der Waals surface area contributed by atoms with E-state index in [1.54, 1.807) is 5.57 Å². The van der Waals surface area contributed by atoms with Crippen LogP contribution in [0.4, 0.5) is 5.69 Å². The van der Waals surface area contributed by atoms with Crippen molar-refractivity contribution in [2.45, 2.75) is 130 Å². The first-order valence-electron chi connectivity index (χ1n) is 21.6. The van der Waals surface area contributed by atoms with E-state index < -0.39 is 0 Å². The molecule has 10 heteroatoms. The summed E-state index contributed by atoms with van der Waals surface area (Å²) in [5.74, 6) is 7.38. The summed E-state index contributed by atoms with van der Waals surface area (Å²) in [7, 11) is 0. The topological polar surface area (TPSA) is 32.8 Å². The number of ether oxygens (including phenoxy) is 1. The van der Waals surface area contributed by atoms with Crippen molar-refractivity contribution in [2.75, 3.05) is 61.1 Å². The van der Waals surface area contributed by atoms with Crippen LogP contribution < -0.4 is 4.90 Å². The van der Waals surface area contributed by atoms with Crippen LogP contribution in [0.2, 0.25) is 0 Å². The lowest BCUT2D eigenvalue weighted by Crippen LogP contribution is -2.51. The average molecular weight is 900 g/mol. The fourth-order valence-corrected chi connectivity index (χ4v) is 12.5. The molecule has 5 rings (SSSR count). The van der Waals surface area contributed by atoms with Gasteiger partial charge in [-0.1, -0.05) is 77.7 Å². The maximum Gasteiger partial charge on any atom is 0.310 e. The van der Waals surface area contributed by atoms with Crippen molar-refractivity contribution in [1.29, 1.82) is 0 Å². The molecule has 0 spiro atoms. The highest BCUT2D eigenvalue weighted by Gasteiger charge is 2.59. The van der Waals surface area contributed by atoms with E-state index in [1.165, 1.54) is 51.4 Å². The Hall–Kier alpha value is -0.0700. The number of allylic oxidation sites excluding steroid dienone is 1. The molecule has 0 radical (unpaired) electrons. The molecule has 0 heterocycles. The Labute approximate surface area is 373 Å². The molecule has 0 aromatic heterocycles. The van der Waals surface area contributed by atoms with Crippen LogP contribution >= 0.6 is 70.4 Å². The Morgan fingerprint density at radius 1 is 0.839 bits per heavy atom. The molecule has 0 N–H and O–H groups in total. The molecule has 4 nitrogen and oxygen atoms in total. The Morgan fingerprint density at radius 3 is 2.07 bits per heavy atom. The molecule has 3 fully saturated rings. The summed E-state index contributed by atoms with van der Waals surface area (Å²) < 4.78 is 6.13. The molecule has 0 bridgehead atoms. The molecule has 1 aromatic carbocycles. The minimum atomic E-state index is -0.105. The molecule has 9 atom stereocenters. The minimum Gasteiger partial charge on any atom is -0.462 e. The summed E-state index contributed by atoms with van der Waals surface area (Å²) >= 11 is 28.9. The van der Waals surface area contributed by atoms with Gasteiger partial charge in [0.25, 0.3) is 0 Å². The maximum atomic E-state index is 13.0. The van der Waals surface area contributed by atoms with Gasteiger partial charge in [-0.25, -0.2) is 0 Å². The van der Waals surface area contributed by atoms with Crippen LogP contribution in [-0.2, 0) is 16.0 Å². The third-order valence-electron chi connectivity index (χ3n) is 14.2. The monoisotopic (exact) mass is 896 g/mol. The number of benzene rings is 1. The third-order valence-corrected chi connectivity index (χ3v) is 15.0. The summed E-state index contributed by atoms with van der Waals surface area (Å²) in [6, 6.07) is 8.19. The number of hydrogen-bond donors (Lipinski definition) is 0. The van der Waals surface area contributed by atoms with Gasteiger partial charge in [0.05, 0.1) is 6.42 Å². The Kier molecular flexibility index (Phi) is 21.9. The first kappa shape index (κ1) is 50.3. The highest BCUT2D eigenvalue weighted by atomic mass is 35.5. The second kappa shape index (κ2) is 24.4. The van der Waals surface area contributed by atoms with E-state index in [0.29, 0.717) is 35.4 Å². The largest absolute Gasteiger partial charge is 0.462 e. The molecule has 4 aliphatic rings. The summed E-state index contributed by atoms with van der Waals surface area (Å²) in [6.45, 7) is 18.6. The van der Waals surface area contributed by atoms with Crippen LogP contribution in [-0.4, -0.2) is 78.6 Å². The Bertz CT molecular complexity index is 1320. The minimum absolute atomic E-state index is 0. The number of nitrogens with zero attached hydrogens (tertiary/aromatic N) is 2. The van der Waals surface area contributed by atoms with Crippen molar-refractivity contribution in [1.82, 2.24) is 4.90 Å². The number of alkyl halides is 5. The molecule has 56 heavy (non-hydrogen) atoms. The Morgan fingerprint density at radius 2 is 1.48 bits per heavy atom. The van der Waals surface area contributed by atoms with Gasteiger partial charge in [-0.2, -0.15) is 0 Å². The molecular formula is C46H74Cl6N2O2. The first-order chi connectivity index (χ1) is 26.3. The van der Waals surface area contributed by atoms with Crippen molar-refractivity contribution in [3.63, 3.8) is 0 Å².